The first-order chi connectivity index (χ1) is 8.38. The lowest BCUT2D eigenvalue weighted by molar-refractivity contribution is -0.126. The molecule has 0 radical (unpaired) electrons. The third kappa shape index (κ3) is 6.32. The van der Waals surface area contributed by atoms with Crippen LogP contribution >= 0.6 is 0 Å². The SMILES string of the molecule is C=C/C=C\C(C)=C\OC(=C)C(=O)NC(C)C(N)=O. The van der Waals surface area contributed by atoms with Gasteiger partial charge in [-0.15, -0.1) is 0 Å². The molecule has 0 bridgehead atoms. The number of hydrogen-bond acceptors (Lipinski definition) is 3. The highest BCUT2D eigenvalue weighted by atomic mass is 16.5. The van der Waals surface area contributed by atoms with Gasteiger partial charge in [0, 0.05) is 0 Å². The fourth-order valence-electron chi connectivity index (χ4n) is 0.825. The van der Waals surface area contributed by atoms with Crippen molar-refractivity contribution in [1.82, 2.24) is 5.32 Å². The molecule has 0 aliphatic heterocycles. The Hall–Kier alpha value is -2.30. The monoisotopic (exact) mass is 250 g/mol. The summed E-state index contributed by atoms with van der Waals surface area (Å²) in [6.07, 6.45) is 6.47. The molecule has 18 heavy (non-hydrogen) atoms. The molecule has 0 rings (SSSR count). The molecule has 98 valence electrons. The van der Waals surface area contributed by atoms with Crippen molar-refractivity contribution in [3.8, 4) is 0 Å². The van der Waals surface area contributed by atoms with Crippen LogP contribution in [0.2, 0.25) is 0 Å². The molecule has 5 nitrogen and oxygen atoms in total. The van der Waals surface area contributed by atoms with Crippen molar-refractivity contribution in [2.75, 3.05) is 0 Å². The summed E-state index contributed by atoms with van der Waals surface area (Å²) in [5.41, 5.74) is 5.79. The van der Waals surface area contributed by atoms with Crippen LogP contribution in [0.3, 0.4) is 0 Å². The molecule has 0 aromatic rings. The average Bonchev–Trinajstić information content (AvgIpc) is 2.32. The fourth-order valence-corrected chi connectivity index (χ4v) is 0.825. The van der Waals surface area contributed by atoms with Crippen LogP contribution in [0.4, 0.5) is 0 Å². The summed E-state index contributed by atoms with van der Waals surface area (Å²) in [5.74, 6) is -1.33. The molecule has 1 unspecified atom stereocenters. The zero-order valence-corrected chi connectivity index (χ0v) is 10.6. The van der Waals surface area contributed by atoms with Crippen LogP contribution in [-0.4, -0.2) is 17.9 Å². The lowest BCUT2D eigenvalue weighted by atomic mass is 10.3. The highest BCUT2D eigenvalue weighted by Crippen LogP contribution is 2.01. The minimum Gasteiger partial charge on any atom is -0.460 e. The number of nitrogens with two attached hydrogens (primary N) is 1. The second-order valence-corrected chi connectivity index (χ2v) is 3.60. The number of carbonyl (C=O) groups excluding carboxylic acids is 2. The maximum absolute atomic E-state index is 11.5. The van der Waals surface area contributed by atoms with Gasteiger partial charge >= 0.3 is 0 Å². The predicted molar refractivity (Wildman–Crippen MR) is 70.1 cm³/mol. The van der Waals surface area contributed by atoms with Crippen LogP contribution in [-0.2, 0) is 14.3 Å². The molecule has 0 saturated carbocycles. The molecule has 0 aromatic carbocycles. The third-order valence-electron chi connectivity index (χ3n) is 1.91. The highest BCUT2D eigenvalue weighted by Gasteiger charge is 2.14. The number of ether oxygens (including phenoxy) is 1. The molecule has 0 spiro atoms. The first-order valence-corrected chi connectivity index (χ1v) is 5.30. The summed E-state index contributed by atoms with van der Waals surface area (Å²) in [5, 5.41) is 2.34. The van der Waals surface area contributed by atoms with Crippen molar-refractivity contribution in [1.29, 1.82) is 0 Å². The molecule has 0 aliphatic carbocycles. The Kier molecular flexibility index (Phi) is 6.88. The summed E-state index contributed by atoms with van der Waals surface area (Å²) in [6.45, 7) is 10.2. The Morgan fingerprint density at radius 3 is 2.56 bits per heavy atom. The molecule has 3 N–H and O–H groups in total. The number of allylic oxidation sites excluding steroid dienone is 4. The van der Waals surface area contributed by atoms with Crippen molar-refractivity contribution < 1.29 is 14.3 Å². The largest absolute Gasteiger partial charge is 0.460 e. The van der Waals surface area contributed by atoms with Crippen LogP contribution in [0.5, 0.6) is 0 Å². The van der Waals surface area contributed by atoms with Gasteiger partial charge < -0.3 is 15.8 Å². The van der Waals surface area contributed by atoms with Crippen molar-refractivity contribution >= 4 is 11.8 Å². The predicted octanol–water partition coefficient (Wildman–Crippen LogP) is 1.15. The highest BCUT2D eigenvalue weighted by molar-refractivity contribution is 5.94. The first kappa shape index (κ1) is 15.7. The van der Waals surface area contributed by atoms with Gasteiger partial charge in [-0.2, -0.15) is 0 Å². The minimum absolute atomic E-state index is 0.116. The maximum Gasteiger partial charge on any atom is 0.286 e. The second-order valence-electron chi connectivity index (χ2n) is 3.60. The summed E-state index contributed by atoms with van der Waals surface area (Å²) in [4.78, 5) is 22.2. The topological polar surface area (TPSA) is 81.4 Å². The zero-order chi connectivity index (χ0) is 14.1. The number of carbonyl (C=O) groups is 2. The van der Waals surface area contributed by atoms with Crippen LogP contribution in [0.25, 0.3) is 0 Å². The van der Waals surface area contributed by atoms with Gasteiger partial charge in [0.15, 0.2) is 5.76 Å². The van der Waals surface area contributed by atoms with E-state index >= 15 is 0 Å². The maximum atomic E-state index is 11.5. The Balaban J connectivity index is 4.33. The van der Waals surface area contributed by atoms with Gasteiger partial charge in [0.2, 0.25) is 5.91 Å². The van der Waals surface area contributed by atoms with Gasteiger partial charge in [-0.05, 0) is 19.4 Å². The minimum atomic E-state index is -0.774. The molecule has 0 aromatic heterocycles. The van der Waals surface area contributed by atoms with Gasteiger partial charge in [0.05, 0.1) is 6.26 Å². The summed E-state index contributed by atoms with van der Waals surface area (Å²) >= 11 is 0. The van der Waals surface area contributed by atoms with Crippen molar-refractivity contribution in [2.45, 2.75) is 19.9 Å². The van der Waals surface area contributed by atoms with Gasteiger partial charge in [0.1, 0.15) is 6.04 Å². The standard InChI is InChI=1S/C13H18N2O3/c1-5-6-7-9(2)8-18-11(4)13(17)15-10(3)12(14)16/h5-8,10H,1,4H2,2-3H3,(H2,14,16)(H,15,17)/b7-6-,9-8+. The Labute approximate surface area is 107 Å². The summed E-state index contributed by atoms with van der Waals surface area (Å²) in [7, 11) is 0. The van der Waals surface area contributed by atoms with E-state index in [2.05, 4.69) is 18.5 Å². The van der Waals surface area contributed by atoms with Gasteiger partial charge in [-0.1, -0.05) is 31.4 Å². The number of rotatable bonds is 7. The average molecular weight is 250 g/mol. The van der Waals surface area contributed by atoms with Gasteiger partial charge in [-0.25, -0.2) is 0 Å². The van der Waals surface area contributed by atoms with E-state index in [9.17, 15) is 9.59 Å². The van der Waals surface area contributed by atoms with Crippen LogP contribution in [0.1, 0.15) is 13.8 Å². The fraction of sp³-hybridized carbons (Fsp3) is 0.231. The number of hydrogen-bond donors (Lipinski definition) is 2. The van der Waals surface area contributed by atoms with Crippen molar-refractivity contribution in [3.05, 3.63) is 49.0 Å². The Morgan fingerprint density at radius 1 is 1.44 bits per heavy atom. The lowest BCUT2D eigenvalue weighted by Crippen LogP contribution is -2.42. The molecule has 0 aliphatic rings. The molecular weight excluding hydrogens is 232 g/mol. The molecule has 0 saturated heterocycles. The van der Waals surface area contributed by atoms with Crippen molar-refractivity contribution in [3.63, 3.8) is 0 Å². The van der Waals surface area contributed by atoms with E-state index in [1.54, 1.807) is 25.2 Å². The zero-order valence-electron chi connectivity index (χ0n) is 10.6. The summed E-state index contributed by atoms with van der Waals surface area (Å²) in [6, 6.07) is -0.774. The first-order valence-electron chi connectivity index (χ1n) is 5.30. The molecule has 1 atom stereocenters. The number of nitrogens with one attached hydrogen (secondary N) is 1. The van der Waals surface area contributed by atoms with Crippen LogP contribution in [0, 0.1) is 0 Å². The van der Waals surface area contributed by atoms with Crippen molar-refractivity contribution in [2.24, 2.45) is 5.73 Å². The van der Waals surface area contributed by atoms with E-state index in [4.69, 9.17) is 10.5 Å². The molecule has 2 amide bonds. The normalized spacial score (nSPS) is 12.9. The molecule has 5 heteroatoms. The third-order valence-corrected chi connectivity index (χ3v) is 1.91. The van der Waals surface area contributed by atoms with Crippen LogP contribution < -0.4 is 11.1 Å². The van der Waals surface area contributed by atoms with E-state index in [1.807, 2.05) is 0 Å². The Bertz CT molecular complexity index is 408. The second kappa shape index (κ2) is 7.89. The van der Waals surface area contributed by atoms with E-state index in [1.165, 1.54) is 13.2 Å². The summed E-state index contributed by atoms with van der Waals surface area (Å²) < 4.78 is 5.04. The smallest absolute Gasteiger partial charge is 0.286 e. The van der Waals surface area contributed by atoms with E-state index in [-0.39, 0.29) is 5.76 Å². The Morgan fingerprint density at radius 2 is 2.06 bits per heavy atom. The van der Waals surface area contributed by atoms with Gasteiger partial charge in [-0.3, -0.25) is 9.59 Å². The quantitative estimate of drug-likeness (QED) is 0.404. The lowest BCUT2D eigenvalue weighted by Gasteiger charge is -2.10. The van der Waals surface area contributed by atoms with Crippen LogP contribution in [0.15, 0.2) is 49.0 Å². The molecular formula is C13H18N2O3. The van der Waals surface area contributed by atoms with E-state index in [0.717, 1.165) is 5.57 Å². The van der Waals surface area contributed by atoms with Gasteiger partial charge in [0.25, 0.3) is 5.91 Å². The number of primary amides is 1. The number of amides is 2. The molecule has 0 fully saturated rings. The van der Waals surface area contributed by atoms with E-state index < -0.39 is 17.9 Å². The molecule has 0 heterocycles. The van der Waals surface area contributed by atoms with E-state index in [0.29, 0.717) is 0 Å².